The molecule has 3 nitrogen and oxygen atoms in total. The first-order valence-corrected chi connectivity index (χ1v) is 5.57. The zero-order chi connectivity index (χ0) is 11.4. The highest BCUT2D eigenvalue weighted by atomic mass is 14.9. The number of rotatable bonds is 4. The molecule has 0 radical (unpaired) electrons. The summed E-state index contributed by atoms with van der Waals surface area (Å²) in [6.45, 7) is 3.01. The molecule has 0 fully saturated rings. The van der Waals surface area contributed by atoms with Gasteiger partial charge in [-0.05, 0) is 14.0 Å². The Bertz CT molecular complexity index is 445. The van der Waals surface area contributed by atoms with Crippen LogP contribution in [0.5, 0.6) is 0 Å². The largest absolute Gasteiger partial charge is 0.346 e. The van der Waals surface area contributed by atoms with Crippen molar-refractivity contribution in [2.45, 2.75) is 13.3 Å². The van der Waals surface area contributed by atoms with Crippen molar-refractivity contribution < 1.29 is 0 Å². The minimum atomic E-state index is 0.935. The van der Waals surface area contributed by atoms with E-state index < -0.39 is 0 Å². The van der Waals surface area contributed by atoms with Gasteiger partial charge in [-0.3, -0.25) is 0 Å². The number of hydrogen-bond acceptors (Lipinski definition) is 2. The van der Waals surface area contributed by atoms with Crippen molar-refractivity contribution in [1.82, 2.24) is 15.3 Å². The van der Waals surface area contributed by atoms with Crippen LogP contribution in [0.25, 0.3) is 11.3 Å². The molecule has 3 heteroatoms. The van der Waals surface area contributed by atoms with Gasteiger partial charge in [0.05, 0.1) is 5.69 Å². The summed E-state index contributed by atoms with van der Waals surface area (Å²) in [7, 11) is 1.95. The third-order valence-electron chi connectivity index (χ3n) is 2.59. The summed E-state index contributed by atoms with van der Waals surface area (Å²) >= 11 is 0. The number of H-pyrrole nitrogens is 1. The number of nitrogens with zero attached hydrogens (tertiary/aromatic N) is 1. The minimum Gasteiger partial charge on any atom is -0.346 e. The Balaban J connectivity index is 2.25. The molecule has 0 aliphatic heterocycles. The average Bonchev–Trinajstić information content (AvgIpc) is 2.69. The van der Waals surface area contributed by atoms with Crippen LogP contribution in [0.1, 0.15) is 11.5 Å². The first-order chi connectivity index (χ1) is 7.81. The Kier molecular flexibility index (Phi) is 3.37. The molecule has 0 bridgehead atoms. The van der Waals surface area contributed by atoms with Gasteiger partial charge in [-0.1, -0.05) is 30.3 Å². The summed E-state index contributed by atoms with van der Waals surface area (Å²) in [6.07, 6.45) is 0.935. The van der Waals surface area contributed by atoms with Crippen LogP contribution in [0.15, 0.2) is 30.3 Å². The highest BCUT2D eigenvalue weighted by molar-refractivity contribution is 5.61. The van der Waals surface area contributed by atoms with Crippen LogP contribution < -0.4 is 5.32 Å². The summed E-state index contributed by atoms with van der Waals surface area (Å²) in [5.41, 5.74) is 3.37. The normalized spacial score (nSPS) is 10.6. The Hall–Kier alpha value is -1.61. The summed E-state index contributed by atoms with van der Waals surface area (Å²) in [5, 5.41) is 3.12. The molecule has 84 valence electrons. The van der Waals surface area contributed by atoms with E-state index in [4.69, 9.17) is 0 Å². The maximum atomic E-state index is 4.62. The Morgan fingerprint density at radius 1 is 1.25 bits per heavy atom. The highest BCUT2D eigenvalue weighted by Crippen LogP contribution is 2.20. The van der Waals surface area contributed by atoms with Gasteiger partial charge in [0, 0.05) is 24.2 Å². The number of imidazole rings is 1. The van der Waals surface area contributed by atoms with E-state index in [0.29, 0.717) is 0 Å². The van der Waals surface area contributed by atoms with E-state index in [1.807, 2.05) is 25.2 Å². The zero-order valence-corrected chi connectivity index (χ0v) is 9.75. The molecule has 0 aliphatic rings. The van der Waals surface area contributed by atoms with E-state index in [9.17, 15) is 0 Å². The lowest BCUT2D eigenvalue weighted by atomic mass is 10.1. The van der Waals surface area contributed by atoms with E-state index in [2.05, 4.69) is 34.3 Å². The minimum absolute atomic E-state index is 0.935. The molecule has 16 heavy (non-hydrogen) atoms. The monoisotopic (exact) mass is 215 g/mol. The summed E-state index contributed by atoms with van der Waals surface area (Å²) in [6, 6.07) is 10.3. The summed E-state index contributed by atoms with van der Waals surface area (Å²) < 4.78 is 0. The number of nitrogens with one attached hydrogen (secondary N) is 2. The Morgan fingerprint density at radius 3 is 2.69 bits per heavy atom. The van der Waals surface area contributed by atoms with E-state index in [-0.39, 0.29) is 0 Å². The van der Waals surface area contributed by atoms with Crippen LogP contribution in [0, 0.1) is 6.92 Å². The van der Waals surface area contributed by atoms with Gasteiger partial charge < -0.3 is 10.3 Å². The lowest BCUT2D eigenvalue weighted by Crippen LogP contribution is -2.11. The van der Waals surface area contributed by atoms with Crippen molar-refractivity contribution in [3.8, 4) is 11.3 Å². The molecule has 0 aliphatic carbocycles. The quantitative estimate of drug-likeness (QED) is 0.820. The highest BCUT2D eigenvalue weighted by Gasteiger charge is 2.07. The maximum absolute atomic E-state index is 4.62. The average molecular weight is 215 g/mol. The predicted molar refractivity (Wildman–Crippen MR) is 66.4 cm³/mol. The number of hydrogen-bond donors (Lipinski definition) is 2. The molecule has 1 heterocycles. The molecule has 1 aromatic carbocycles. The fraction of sp³-hybridized carbons (Fsp3) is 0.308. The fourth-order valence-corrected chi connectivity index (χ4v) is 1.76. The lowest BCUT2D eigenvalue weighted by Gasteiger charge is -1.96. The lowest BCUT2D eigenvalue weighted by molar-refractivity contribution is 0.763. The van der Waals surface area contributed by atoms with Gasteiger partial charge >= 0.3 is 0 Å². The zero-order valence-electron chi connectivity index (χ0n) is 9.75. The number of likely N-dealkylation sites (N-methyl/N-ethyl adjacent to an activating group) is 1. The summed E-state index contributed by atoms with van der Waals surface area (Å²) in [4.78, 5) is 7.95. The topological polar surface area (TPSA) is 40.7 Å². The van der Waals surface area contributed by atoms with Crippen LogP contribution in [-0.4, -0.2) is 23.6 Å². The number of aromatic amines is 1. The molecule has 2 rings (SSSR count). The molecule has 0 amide bonds. The molecule has 0 unspecified atom stereocenters. The molecule has 2 N–H and O–H groups in total. The predicted octanol–water partition coefficient (Wildman–Crippen LogP) is 2.15. The van der Waals surface area contributed by atoms with Crippen molar-refractivity contribution in [1.29, 1.82) is 0 Å². The first-order valence-electron chi connectivity index (χ1n) is 5.57. The smallest absolute Gasteiger partial charge is 0.108 e. The third-order valence-corrected chi connectivity index (χ3v) is 2.59. The molecule has 0 saturated carbocycles. The summed E-state index contributed by atoms with van der Waals surface area (Å²) in [5.74, 6) is 1.05. The van der Waals surface area contributed by atoms with Crippen LogP contribution in [0.4, 0.5) is 0 Å². The van der Waals surface area contributed by atoms with Crippen LogP contribution >= 0.6 is 0 Å². The maximum Gasteiger partial charge on any atom is 0.108 e. The van der Waals surface area contributed by atoms with Crippen LogP contribution in [-0.2, 0) is 6.42 Å². The van der Waals surface area contributed by atoms with Crippen LogP contribution in [0.2, 0.25) is 0 Å². The number of benzene rings is 1. The number of aryl methyl sites for hydroxylation is 1. The second-order valence-corrected chi connectivity index (χ2v) is 3.88. The molecule has 0 saturated heterocycles. The Labute approximate surface area is 95.9 Å². The molecule has 2 aromatic rings. The van der Waals surface area contributed by atoms with Gasteiger partial charge in [0.2, 0.25) is 0 Å². The van der Waals surface area contributed by atoms with Gasteiger partial charge in [0.15, 0.2) is 0 Å². The van der Waals surface area contributed by atoms with Crippen molar-refractivity contribution in [3.05, 3.63) is 41.9 Å². The van der Waals surface area contributed by atoms with Gasteiger partial charge in [-0.15, -0.1) is 0 Å². The van der Waals surface area contributed by atoms with Crippen LogP contribution in [0.3, 0.4) is 0 Å². The van der Waals surface area contributed by atoms with Crippen molar-refractivity contribution >= 4 is 0 Å². The van der Waals surface area contributed by atoms with Gasteiger partial charge in [-0.25, -0.2) is 4.98 Å². The molecule has 0 spiro atoms. The SMILES string of the molecule is CNCCc1nc(-c2ccccc2)c(C)[nH]1. The molecular formula is C13H17N3. The first kappa shape index (κ1) is 10.9. The number of aromatic nitrogens is 2. The van der Waals surface area contributed by atoms with Gasteiger partial charge in [-0.2, -0.15) is 0 Å². The van der Waals surface area contributed by atoms with E-state index in [1.165, 1.54) is 5.56 Å². The fourth-order valence-electron chi connectivity index (χ4n) is 1.76. The second-order valence-electron chi connectivity index (χ2n) is 3.88. The third kappa shape index (κ3) is 2.31. The van der Waals surface area contributed by atoms with E-state index in [0.717, 1.165) is 30.2 Å². The van der Waals surface area contributed by atoms with E-state index in [1.54, 1.807) is 0 Å². The van der Waals surface area contributed by atoms with Crippen molar-refractivity contribution in [2.24, 2.45) is 0 Å². The van der Waals surface area contributed by atoms with E-state index >= 15 is 0 Å². The van der Waals surface area contributed by atoms with Crippen molar-refractivity contribution in [3.63, 3.8) is 0 Å². The van der Waals surface area contributed by atoms with Gasteiger partial charge in [0.1, 0.15) is 5.82 Å². The standard InChI is InChI=1S/C13H17N3/c1-10-13(11-6-4-3-5-7-11)16-12(15-10)8-9-14-2/h3-7,14H,8-9H2,1-2H3,(H,15,16). The molecule has 1 aromatic heterocycles. The molecule has 0 atom stereocenters. The van der Waals surface area contributed by atoms with Crippen molar-refractivity contribution in [2.75, 3.05) is 13.6 Å². The molecular weight excluding hydrogens is 198 g/mol. The second kappa shape index (κ2) is 4.94. The van der Waals surface area contributed by atoms with Gasteiger partial charge in [0.25, 0.3) is 0 Å². The Morgan fingerprint density at radius 2 is 2.00 bits per heavy atom.